The zero-order valence-electron chi connectivity index (χ0n) is 10.3. The van der Waals surface area contributed by atoms with Gasteiger partial charge in [-0.2, -0.15) is 5.26 Å². The number of sulfonamides is 1. The summed E-state index contributed by atoms with van der Waals surface area (Å²) in [6.07, 6.45) is 0. The SMILES string of the molecule is CCNC(=O)CNS(=O)(=O)c1ccc(C#N)cc1N. The van der Waals surface area contributed by atoms with Gasteiger partial charge in [-0.25, -0.2) is 13.1 Å². The number of carbonyl (C=O) groups excluding carboxylic acids is 1. The number of amides is 1. The number of nitrogen functional groups attached to an aromatic ring is 1. The van der Waals surface area contributed by atoms with Crippen LogP contribution in [0.15, 0.2) is 23.1 Å². The van der Waals surface area contributed by atoms with Gasteiger partial charge in [0.1, 0.15) is 4.90 Å². The molecule has 7 nitrogen and oxygen atoms in total. The first kappa shape index (κ1) is 14.9. The predicted molar refractivity (Wildman–Crippen MR) is 69.4 cm³/mol. The lowest BCUT2D eigenvalue weighted by Crippen LogP contribution is -2.36. The van der Waals surface area contributed by atoms with Gasteiger partial charge in [-0.1, -0.05) is 0 Å². The van der Waals surface area contributed by atoms with Crippen LogP contribution in [0.1, 0.15) is 12.5 Å². The van der Waals surface area contributed by atoms with Gasteiger partial charge >= 0.3 is 0 Å². The molecule has 0 saturated heterocycles. The molecule has 0 aliphatic heterocycles. The number of nitrogens with one attached hydrogen (secondary N) is 2. The summed E-state index contributed by atoms with van der Waals surface area (Å²) >= 11 is 0. The van der Waals surface area contributed by atoms with Crippen LogP contribution in [0.5, 0.6) is 0 Å². The highest BCUT2D eigenvalue weighted by Gasteiger charge is 2.18. The van der Waals surface area contributed by atoms with Crippen molar-refractivity contribution in [1.29, 1.82) is 5.26 Å². The van der Waals surface area contributed by atoms with Crippen molar-refractivity contribution in [1.82, 2.24) is 10.0 Å². The van der Waals surface area contributed by atoms with Crippen molar-refractivity contribution in [3.8, 4) is 6.07 Å². The minimum absolute atomic E-state index is 0.0394. The summed E-state index contributed by atoms with van der Waals surface area (Å²) < 4.78 is 26.0. The second-order valence-corrected chi connectivity index (χ2v) is 5.38. The molecule has 1 amide bonds. The maximum absolute atomic E-state index is 11.9. The van der Waals surface area contributed by atoms with Crippen LogP contribution in [0.3, 0.4) is 0 Å². The van der Waals surface area contributed by atoms with Crippen molar-refractivity contribution in [2.75, 3.05) is 18.8 Å². The van der Waals surface area contributed by atoms with Gasteiger partial charge in [0.25, 0.3) is 0 Å². The molecule has 0 radical (unpaired) electrons. The van der Waals surface area contributed by atoms with Crippen LogP contribution in [0, 0.1) is 11.3 Å². The third-order valence-electron chi connectivity index (χ3n) is 2.23. The molecule has 1 rings (SSSR count). The predicted octanol–water partition coefficient (Wildman–Crippen LogP) is -0.445. The van der Waals surface area contributed by atoms with Crippen LogP contribution >= 0.6 is 0 Å². The summed E-state index contributed by atoms with van der Waals surface area (Å²) in [4.78, 5) is 11.0. The van der Waals surface area contributed by atoms with Crippen molar-refractivity contribution >= 4 is 21.6 Å². The molecular formula is C11H14N4O3S. The van der Waals surface area contributed by atoms with Crippen LogP contribution in [-0.2, 0) is 14.8 Å². The number of benzene rings is 1. The smallest absolute Gasteiger partial charge is 0.243 e. The van der Waals surface area contributed by atoms with E-state index in [4.69, 9.17) is 11.0 Å². The summed E-state index contributed by atoms with van der Waals surface area (Å²) in [7, 11) is -3.87. The van der Waals surface area contributed by atoms with Crippen LogP contribution in [0.4, 0.5) is 5.69 Å². The van der Waals surface area contributed by atoms with Gasteiger partial charge in [-0.3, -0.25) is 4.79 Å². The molecule has 1 aromatic carbocycles. The number of hydrogen-bond acceptors (Lipinski definition) is 5. The third kappa shape index (κ3) is 3.94. The van der Waals surface area contributed by atoms with Crippen LogP contribution in [-0.4, -0.2) is 27.4 Å². The number of likely N-dealkylation sites (N-methyl/N-ethyl adjacent to an activating group) is 1. The van der Waals surface area contributed by atoms with E-state index in [1.807, 2.05) is 6.07 Å². The highest BCUT2D eigenvalue weighted by Crippen LogP contribution is 2.19. The zero-order valence-corrected chi connectivity index (χ0v) is 11.1. The largest absolute Gasteiger partial charge is 0.398 e. The van der Waals surface area contributed by atoms with E-state index >= 15 is 0 Å². The lowest BCUT2D eigenvalue weighted by atomic mass is 10.2. The van der Waals surface area contributed by atoms with Gasteiger partial charge in [-0.15, -0.1) is 0 Å². The molecule has 0 aromatic heterocycles. The van der Waals surface area contributed by atoms with Crippen molar-refractivity contribution < 1.29 is 13.2 Å². The molecule has 8 heteroatoms. The van der Waals surface area contributed by atoms with Crippen LogP contribution in [0.25, 0.3) is 0 Å². The zero-order chi connectivity index (χ0) is 14.5. The average molecular weight is 282 g/mol. The number of nitrogens with two attached hydrogens (primary N) is 1. The van der Waals surface area contributed by atoms with E-state index in [0.29, 0.717) is 6.54 Å². The summed E-state index contributed by atoms with van der Waals surface area (Å²) in [5, 5.41) is 11.1. The topological polar surface area (TPSA) is 125 Å². The second-order valence-electron chi connectivity index (χ2n) is 3.64. The number of hydrogen-bond donors (Lipinski definition) is 3. The molecule has 0 atom stereocenters. The minimum Gasteiger partial charge on any atom is -0.398 e. The number of nitrogens with zero attached hydrogens (tertiary/aromatic N) is 1. The van der Waals surface area contributed by atoms with E-state index in [1.165, 1.54) is 18.2 Å². The molecule has 4 N–H and O–H groups in total. The molecule has 0 saturated carbocycles. The standard InChI is InChI=1S/C11H14N4O3S/c1-2-14-11(16)7-15-19(17,18)10-4-3-8(6-12)5-9(10)13/h3-5,15H,2,7,13H2,1H3,(H,14,16). The summed E-state index contributed by atoms with van der Waals surface area (Å²) in [6.45, 7) is 1.78. The molecule has 102 valence electrons. The van der Waals surface area contributed by atoms with E-state index in [-0.39, 0.29) is 22.7 Å². The average Bonchev–Trinajstić information content (AvgIpc) is 2.36. The Labute approximate surface area is 111 Å². The van der Waals surface area contributed by atoms with E-state index in [2.05, 4.69) is 10.0 Å². The van der Waals surface area contributed by atoms with E-state index in [1.54, 1.807) is 6.92 Å². The Balaban J connectivity index is 2.89. The summed E-state index contributed by atoms with van der Waals surface area (Å²) in [5.41, 5.74) is 5.80. The van der Waals surface area contributed by atoms with Crippen molar-refractivity contribution in [3.63, 3.8) is 0 Å². The first-order chi connectivity index (χ1) is 8.90. The third-order valence-corrected chi connectivity index (χ3v) is 3.70. The molecule has 0 bridgehead atoms. The maximum Gasteiger partial charge on any atom is 0.243 e. The van der Waals surface area contributed by atoms with Crippen LogP contribution in [0.2, 0.25) is 0 Å². The molecule has 0 spiro atoms. The van der Waals surface area contributed by atoms with Gasteiger partial charge in [-0.05, 0) is 25.1 Å². The first-order valence-electron chi connectivity index (χ1n) is 5.46. The molecule has 1 aromatic rings. The van der Waals surface area contributed by atoms with Gasteiger partial charge in [0, 0.05) is 6.54 Å². The lowest BCUT2D eigenvalue weighted by Gasteiger charge is -2.09. The highest BCUT2D eigenvalue weighted by molar-refractivity contribution is 7.89. The highest BCUT2D eigenvalue weighted by atomic mass is 32.2. The van der Waals surface area contributed by atoms with Gasteiger partial charge < -0.3 is 11.1 Å². The molecule has 0 unspecified atom stereocenters. The fourth-order valence-corrected chi connectivity index (χ4v) is 2.45. The quantitative estimate of drug-likeness (QED) is 0.631. The number of carbonyl (C=O) groups is 1. The fourth-order valence-electron chi connectivity index (χ4n) is 1.36. The molecule has 0 heterocycles. The number of nitriles is 1. The molecule has 19 heavy (non-hydrogen) atoms. The maximum atomic E-state index is 11.9. The van der Waals surface area contributed by atoms with E-state index in [0.717, 1.165) is 0 Å². The summed E-state index contributed by atoms with van der Waals surface area (Å²) in [5.74, 6) is -0.432. The van der Waals surface area contributed by atoms with Crippen molar-refractivity contribution in [3.05, 3.63) is 23.8 Å². The monoisotopic (exact) mass is 282 g/mol. The Kier molecular flexibility index (Phi) is 4.86. The molecule has 0 fully saturated rings. The Hall–Kier alpha value is -2.11. The Morgan fingerprint density at radius 2 is 2.16 bits per heavy atom. The Morgan fingerprint density at radius 1 is 1.47 bits per heavy atom. The first-order valence-corrected chi connectivity index (χ1v) is 6.95. The normalized spacial score (nSPS) is 10.7. The Bertz CT molecular complexity index is 619. The molecule has 0 aliphatic carbocycles. The van der Waals surface area contributed by atoms with Crippen molar-refractivity contribution in [2.24, 2.45) is 0 Å². The lowest BCUT2D eigenvalue weighted by molar-refractivity contribution is -0.119. The Morgan fingerprint density at radius 3 is 2.68 bits per heavy atom. The van der Waals surface area contributed by atoms with Gasteiger partial charge in [0.2, 0.25) is 15.9 Å². The van der Waals surface area contributed by atoms with Gasteiger partial charge in [0.15, 0.2) is 0 Å². The second kappa shape index (κ2) is 6.17. The minimum atomic E-state index is -3.87. The molecular weight excluding hydrogens is 268 g/mol. The fraction of sp³-hybridized carbons (Fsp3) is 0.273. The summed E-state index contributed by atoms with van der Waals surface area (Å²) in [6, 6.07) is 5.69. The number of rotatable bonds is 5. The van der Waals surface area contributed by atoms with E-state index in [9.17, 15) is 13.2 Å². The van der Waals surface area contributed by atoms with Crippen molar-refractivity contribution in [2.45, 2.75) is 11.8 Å². The van der Waals surface area contributed by atoms with E-state index < -0.39 is 15.9 Å². The number of anilines is 1. The van der Waals surface area contributed by atoms with Gasteiger partial charge in [0.05, 0.1) is 23.9 Å². The van der Waals surface area contributed by atoms with Crippen LogP contribution < -0.4 is 15.8 Å². The molecule has 0 aliphatic rings.